The standard InChI is InChI=1S/C43H61N9O14/c1-5-22(2)36(52-38(61)24(4)46-34(57)17-23(3)54)43(66)50-31(18-25-9-7-6-8-10-25)40(63)47-28(15-16-35(58)59)39(62)51-32(21-53)42(65)49-30(19-26-11-13-27(55)14-12-26)41(64)48-29(37(45)60)20-33(44)56/h6-14,22-24,28-32,36,53-55H,5,15-21H2,1-4H3,(H2,44,56)(H2,45,60)(H,46,57)(H,47,63)(H,48,64)(H,49,65)(H,50,66)(H,51,62)(H,52,61)(H,58,59)/t22-,23?,24-,28-,29-,30-,31-,32-,36-/m0/s1. The van der Waals surface area contributed by atoms with Crippen LogP contribution in [0, 0.1) is 5.92 Å². The molecule has 9 amide bonds. The van der Waals surface area contributed by atoms with Crippen LogP contribution in [-0.2, 0) is 60.8 Å². The zero-order chi connectivity index (χ0) is 49.7. The van der Waals surface area contributed by atoms with Crippen LogP contribution in [0.5, 0.6) is 5.75 Å². The number of rotatable bonds is 28. The van der Waals surface area contributed by atoms with E-state index in [-0.39, 0.29) is 25.0 Å². The van der Waals surface area contributed by atoms with Crippen molar-refractivity contribution in [1.29, 1.82) is 0 Å². The van der Waals surface area contributed by atoms with Crippen LogP contribution in [0.15, 0.2) is 54.6 Å². The van der Waals surface area contributed by atoms with Gasteiger partial charge in [-0.05, 0) is 49.4 Å². The van der Waals surface area contributed by atoms with Crippen molar-refractivity contribution < 1.29 is 68.4 Å². The van der Waals surface area contributed by atoms with Crippen molar-refractivity contribution in [3.8, 4) is 5.75 Å². The van der Waals surface area contributed by atoms with Crippen LogP contribution in [0.2, 0.25) is 0 Å². The number of aliphatic hydroxyl groups is 2. The maximum Gasteiger partial charge on any atom is 0.303 e. The molecule has 0 aliphatic rings. The number of aliphatic carboxylic acids is 1. The third-order valence-electron chi connectivity index (χ3n) is 10.1. The Morgan fingerprint density at radius 3 is 1.58 bits per heavy atom. The monoisotopic (exact) mass is 927 g/mol. The third kappa shape index (κ3) is 19.3. The second kappa shape index (κ2) is 27.2. The minimum Gasteiger partial charge on any atom is -0.508 e. The fourth-order valence-electron chi connectivity index (χ4n) is 6.26. The van der Waals surface area contributed by atoms with Gasteiger partial charge >= 0.3 is 5.97 Å². The quantitative estimate of drug-likeness (QED) is 0.0396. The van der Waals surface area contributed by atoms with Crippen molar-refractivity contribution in [1.82, 2.24) is 37.2 Å². The number of hydrogen-bond acceptors (Lipinski definition) is 13. The first-order chi connectivity index (χ1) is 31.0. The summed E-state index contributed by atoms with van der Waals surface area (Å²) < 4.78 is 0. The van der Waals surface area contributed by atoms with E-state index in [1.54, 1.807) is 44.2 Å². The number of aromatic hydroxyl groups is 1. The minimum atomic E-state index is -1.84. The van der Waals surface area contributed by atoms with Gasteiger partial charge in [0.15, 0.2) is 0 Å². The maximum absolute atomic E-state index is 14.1. The number of carbonyl (C=O) groups excluding carboxylic acids is 9. The van der Waals surface area contributed by atoms with E-state index >= 15 is 0 Å². The molecular formula is C43H61N9O14. The Balaban J connectivity index is 2.41. The van der Waals surface area contributed by atoms with Crippen LogP contribution in [0.25, 0.3) is 0 Å². The molecule has 0 saturated heterocycles. The minimum absolute atomic E-state index is 0.122. The fraction of sp³-hybridized carbons (Fsp3) is 0.488. The van der Waals surface area contributed by atoms with Gasteiger partial charge in [-0.1, -0.05) is 62.7 Å². The second-order valence-electron chi connectivity index (χ2n) is 15.8. The molecule has 0 fully saturated rings. The first kappa shape index (κ1) is 55.0. The Morgan fingerprint density at radius 1 is 0.591 bits per heavy atom. The molecule has 0 aromatic heterocycles. The summed E-state index contributed by atoms with van der Waals surface area (Å²) in [6.45, 7) is 5.10. The molecule has 0 saturated carbocycles. The molecule has 0 aliphatic carbocycles. The van der Waals surface area contributed by atoms with Gasteiger partial charge in [0.1, 0.15) is 48.0 Å². The summed E-state index contributed by atoms with van der Waals surface area (Å²) in [5, 5.41) is 55.9. The van der Waals surface area contributed by atoms with Gasteiger partial charge in [-0.3, -0.25) is 47.9 Å². The van der Waals surface area contributed by atoms with Gasteiger partial charge in [0.2, 0.25) is 53.2 Å². The lowest BCUT2D eigenvalue weighted by atomic mass is 9.96. The molecule has 0 aliphatic heterocycles. The van der Waals surface area contributed by atoms with Gasteiger partial charge in [0.05, 0.1) is 25.6 Å². The van der Waals surface area contributed by atoms with Gasteiger partial charge in [0, 0.05) is 19.3 Å². The summed E-state index contributed by atoms with van der Waals surface area (Å²) in [7, 11) is 0. The van der Waals surface area contributed by atoms with E-state index in [4.69, 9.17) is 11.5 Å². The number of nitrogens with one attached hydrogen (secondary N) is 7. The lowest BCUT2D eigenvalue weighted by Gasteiger charge is -2.29. The average molecular weight is 928 g/mol. The zero-order valence-corrected chi connectivity index (χ0v) is 37.1. The molecule has 2 aromatic rings. The smallest absolute Gasteiger partial charge is 0.303 e. The molecule has 362 valence electrons. The number of carboxylic acids is 1. The Bertz CT molecular complexity index is 2020. The van der Waals surface area contributed by atoms with Crippen LogP contribution < -0.4 is 48.7 Å². The van der Waals surface area contributed by atoms with Crippen LogP contribution in [0.3, 0.4) is 0 Å². The average Bonchev–Trinajstić information content (AvgIpc) is 3.25. The molecule has 66 heavy (non-hydrogen) atoms. The van der Waals surface area contributed by atoms with Crippen molar-refractivity contribution in [2.24, 2.45) is 17.4 Å². The van der Waals surface area contributed by atoms with E-state index in [9.17, 15) is 68.4 Å². The van der Waals surface area contributed by atoms with E-state index in [1.165, 1.54) is 38.1 Å². The normalized spacial score (nSPS) is 15.0. The largest absolute Gasteiger partial charge is 0.508 e. The number of hydrogen-bond donors (Lipinski definition) is 13. The molecule has 0 bridgehead atoms. The topological polar surface area (TPSA) is 388 Å². The number of carboxylic acid groups (broad SMARTS) is 1. The van der Waals surface area contributed by atoms with Crippen LogP contribution in [0.1, 0.15) is 70.9 Å². The van der Waals surface area contributed by atoms with Crippen LogP contribution in [0.4, 0.5) is 0 Å². The number of nitrogens with two attached hydrogens (primary N) is 2. The Morgan fingerprint density at radius 2 is 1.08 bits per heavy atom. The molecule has 15 N–H and O–H groups in total. The van der Waals surface area contributed by atoms with Gasteiger partial charge in [-0.2, -0.15) is 0 Å². The third-order valence-corrected chi connectivity index (χ3v) is 10.1. The molecule has 2 rings (SSSR count). The number of phenols is 1. The Hall–Kier alpha value is -7.14. The predicted molar refractivity (Wildman–Crippen MR) is 234 cm³/mol. The van der Waals surface area contributed by atoms with E-state index in [0.29, 0.717) is 17.5 Å². The number of benzene rings is 2. The summed E-state index contributed by atoms with van der Waals surface area (Å²) in [5.74, 6) is -10.6. The second-order valence-corrected chi connectivity index (χ2v) is 15.8. The SMILES string of the molecule is CC[C@H](C)[C@H](NC(=O)[C@H](C)NC(=O)CC(C)O)C(=O)N[C@@H](Cc1ccccc1)C(=O)N[C@@H](CCC(=O)O)C(=O)N[C@@H](CO)C(=O)N[C@@H](Cc1ccc(O)cc1)C(=O)N[C@@H](CC(N)=O)C(N)=O. The molecule has 0 spiro atoms. The van der Waals surface area contributed by atoms with E-state index in [0.717, 1.165) is 0 Å². The molecule has 1 unspecified atom stereocenters. The first-order valence-electron chi connectivity index (χ1n) is 21.1. The number of carbonyl (C=O) groups is 10. The van der Waals surface area contributed by atoms with Crippen molar-refractivity contribution in [2.75, 3.05) is 6.61 Å². The maximum atomic E-state index is 14.1. The Kier molecular flexibility index (Phi) is 22.7. The lowest BCUT2D eigenvalue weighted by molar-refractivity contribution is -0.139. The van der Waals surface area contributed by atoms with Crippen LogP contribution >= 0.6 is 0 Å². The summed E-state index contributed by atoms with van der Waals surface area (Å²) in [6.07, 6.45) is -3.25. The molecule has 23 heteroatoms. The summed E-state index contributed by atoms with van der Waals surface area (Å²) in [5.41, 5.74) is 11.4. The molecule has 0 heterocycles. The molecule has 2 aromatic carbocycles. The first-order valence-corrected chi connectivity index (χ1v) is 21.1. The molecule has 9 atom stereocenters. The fourth-order valence-corrected chi connectivity index (χ4v) is 6.26. The zero-order valence-electron chi connectivity index (χ0n) is 37.1. The van der Waals surface area contributed by atoms with E-state index < -0.39 is 139 Å². The predicted octanol–water partition coefficient (Wildman–Crippen LogP) is -3.37. The van der Waals surface area contributed by atoms with Gasteiger partial charge in [-0.25, -0.2) is 0 Å². The van der Waals surface area contributed by atoms with Crippen molar-refractivity contribution in [3.05, 3.63) is 65.7 Å². The summed E-state index contributed by atoms with van der Waals surface area (Å²) in [6, 6.07) is 3.23. The summed E-state index contributed by atoms with van der Waals surface area (Å²) in [4.78, 5) is 129. The van der Waals surface area contributed by atoms with Gasteiger partial charge in [-0.15, -0.1) is 0 Å². The Labute approximate surface area is 380 Å². The number of phenolic OH excluding ortho intramolecular Hbond substituents is 1. The van der Waals surface area contributed by atoms with Gasteiger partial charge in [0.25, 0.3) is 0 Å². The van der Waals surface area contributed by atoms with Gasteiger partial charge < -0.3 is 69.1 Å². The highest BCUT2D eigenvalue weighted by Crippen LogP contribution is 2.14. The van der Waals surface area contributed by atoms with E-state index in [2.05, 4.69) is 37.2 Å². The molecular weight excluding hydrogens is 867 g/mol. The number of aliphatic hydroxyl groups excluding tert-OH is 2. The van der Waals surface area contributed by atoms with Crippen molar-refractivity contribution in [2.45, 2.75) is 121 Å². The van der Waals surface area contributed by atoms with Crippen LogP contribution in [-0.4, -0.2) is 135 Å². The summed E-state index contributed by atoms with van der Waals surface area (Å²) >= 11 is 0. The molecule has 0 radical (unpaired) electrons. The highest BCUT2D eigenvalue weighted by molar-refractivity contribution is 5.98. The highest BCUT2D eigenvalue weighted by atomic mass is 16.4. The lowest BCUT2D eigenvalue weighted by Crippen LogP contribution is -2.61. The van der Waals surface area contributed by atoms with Crippen molar-refractivity contribution >= 4 is 59.1 Å². The number of primary amides is 2. The molecule has 23 nitrogen and oxygen atoms in total. The van der Waals surface area contributed by atoms with E-state index in [1.807, 2.05) is 0 Å². The van der Waals surface area contributed by atoms with Crippen molar-refractivity contribution in [3.63, 3.8) is 0 Å². The number of amides is 9. The highest BCUT2D eigenvalue weighted by Gasteiger charge is 2.35.